The van der Waals surface area contributed by atoms with Crippen molar-refractivity contribution in [2.24, 2.45) is 0 Å². The van der Waals surface area contributed by atoms with E-state index in [1.807, 2.05) is 32.0 Å². The van der Waals surface area contributed by atoms with Crippen LogP contribution in [0.2, 0.25) is 0 Å². The third kappa shape index (κ3) is 4.33. The zero-order chi connectivity index (χ0) is 19.3. The highest BCUT2D eigenvalue weighted by molar-refractivity contribution is 6.01. The number of nitrogens with zero attached hydrogens (tertiary/aromatic N) is 1. The van der Waals surface area contributed by atoms with E-state index in [2.05, 4.69) is 5.32 Å². The second-order valence-corrected chi connectivity index (χ2v) is 6.04. The molecule has 2 aromatic carbocycles. The number of likely N-dealkylation sites (N-methyl/N-ethyl adjacent to an activating group) is 1. The first kappa shape index (κ1) is 19.3. The van der Waals surface area contributed by atoms with E-state index in [1.54, 1.807) is 25.2 Å². The second kappa shape index (κ2) is 8.38. The maximum absolute atomic E-state index is 12.7. The molecule has 1 N–H and O–H groups in total. The van der Waals surface area contributed by atoms with Crippen molar-refractivity contribution in [2.75, 3.05) is 33.1 Å². The number of methoxy groups -OCH3 is 2. The molecule has 0 spiro atoms. The Labute approximate surface area is 153 Å². The van der Waals surface area contributed by atoms with Crippen molar-refractivity contribution in [1.82, 2.24) is 4.90 Å². The molecular formula is C20H24N2O4. The lowest BCUT2D eigenvalue weighted by molar-refractivity contribution is -0.116. The standard InChI is InChI=1S/C20H24N2O4/c1-13-7-6-8-14(2)19(13)21-18(23)12-22(3)20(24)16-11-15(25-4)9-10-17(16)26-5/h6-11H,12H2,1-5H3,(H,21,23). The first-order chi connectivity index (χ1) is 12.4. The lowest BCUT2D eigenvalue weighted by Gasteiger charge is -2.19. The number of aryl methyl sites for hydroxylation is 2. The van der Waals surface area contributed by atoms with Crippen molar-refractivity contribution in [3.63, 3.8) is 0 Å². The fraction of sp³-hybridized carbons (Fsp3) is 0.300. The van der Waals surface area contributed by atoms with E-state index in [0.29, 0.717) is 17.1 Å². The molecule has 0 aliphatic carbocycles. The summed E-state index contributed by atoms with van der Waals surface area (Å²) < 4.78 is 10.4. The van der Waals surface area contributed by atoms with Crippen molar-refractivity contribution < 1.29 is 19.1 Å². The Kier molecular flexibility index (Phi) is 6.22. The molecule has 2 aromatic rings. The number of carbonyl (C=O) groups is 2. The number of rotatable bonds is 6. The molecule has 0 saturated heterocycles. The van der Waals surface area contributed by atoms with Gasteiger partial charge in [0.25, 0.3) is 5.91 Å². The molecule has 0 heterocycles. The van der Waals surface area contributed by atoms with E-state index >= 15 is 0 Å². The van der Waals surface area contributed by atoms with Crippen LogP contribution in [0.15, 0.2) is 36.4 Å². The molecule has 0 aliphatic heterocycles. The molecule has 138 valence electrons. The molecule has 2 amide bonds. The van der Waals surface area contributed by atoms with Crippen LogP contribution in [0.5, 0.6) is 11.5 Å². The summed E-state index contributed by atoms with van der Waals surface area (Å²) in [5.41, 5.74) is 3.06. The SMILES string of the molecule is COc1ccc(OC)c(C(=O)N(C)CC(=O)Nc2c(C)cccc2C)c1. The van der Waals surface area contributed by atoms with Gasteiger partial charge < -0.3 is 19.7 Å². The summed E-state index contributed by atoms with van der Waals surface area (Å²) in [4.78, 5) is 26.5. The molecular weight excluding hydrogens is 332 g/mol. The average molecular weight is 356 g/mol. The van der Waals surface area contributed by atoms with E-state index in [9.17, 15) is 9.59 Å². The van der Waals surface area contributed by atoms with Gasteiger partial charge in [-0.1, -0.05) is 18.2 Å². The molecule has 0 unspecified atom stereocenters. The number of benzene rings is 2. The van der Waals surface area contributed by atoms with Crippen LogP contribution in [-0.4, -0.2) is 44.5 Å². The van der Waals surface area contributed by atoms with Gasteiger partial charge in [0.05, 0.1) is 26.3 Å². The zero-order valence-corrected chi connectivity index (χ0v) is 15.8. The predicted molar refractivity (Wildman–Crippen MR) is 101 cm³/mol. The Morgan fingerprint density at radius 1 is 1.04 bits per heavy atom. The van der Waals surface area contributed by atoms with Crippen LogP contribution in [0, 0.1) is 13.8 Å². The molecule has 2 rings (SSSR count). The molecule has 26 heavy (non-hydrogen) atoms. The van der Waals surface area contributed by atoms with Gasteiger partial charge in [-0.3, -0.25) is 9.59 Å². The van der Waals surface area contributed by atoms with E-state index < -0.39 is 0 Å². The summed E-state index contributed by atoms with van der Waals surface area (Å²) in [7, 11) is 4.59. The van der Waals surface area contributed by atoms with Gasteiger partial charge in [0.15, 0.2) is 0 Å². The van der Waals surface area contributed by atoms with Crippen molar-refractivity contribution >= 4 is 17.5 Å². The smallest absolute Gasteiger partial charge is 0.257 e. The molecule has 6 heteroatoms. The Morgan fingerprint density at radius 2 is 1.69 bits per heavy atom. The number of hydrogen-bond donors (Lipinski definition) is 1. The van der Waals surface area contributed by atoms with Crippen molar-refractivity contribution in [1.29, 1.82) is 0 Å². The first-order valence-corrected chi connectivity index (χ1v) is 8.21. The van der Waals surface area contributed by atoms with Gasteiger partial charge in [-0.25, -0.2) is 0 Å². The van der Waals surface area contributed by atoms with Crippen LogP contribution in [0.3, 0.4) is 0 Å². The molecule has 0 bridgehead atoms. The molecule has 0 aliphatic rings. The van der Waals surface area contributed by atoms with Gasteiger partial charge in [-0.2, -0.15) is 0 Å². The van der Waals surface area contributed by atoms with Crippen LogP contribution >= 0.6 is 0 Å². The van der Waals surface area contributed by atoms with Crippen LogP contribution < -0.4 is 14.8 Å². The number of ether oxygens (including phenoxy) is 2. The molecule has 6 nitrogen and oxygen atoms in total. The number of amides is 2. The summed E-state index contributed by atoms with van der Waals surface area (Å²) in [6, 6.07) is 10.8. The molecule has 0 atom stereocenters. The monoisotopic (exact) mass is 356 g/mol. The molecule has 0 fully saturated rings. The predicted octanol–water partition coefficient (Wildman–Crippen LogP) is 3.03. The van der Waals surface area contributed by atoms with Crippen LogP contribution in [-0.2, 0) is 4.79 Å². The number of hydrogen-bond acceptors (Lipinski definition) is 4. The minimum atomic E-state index is -0.322. The van der Waals surface area contributed by atoms with Gasteiger partial charge in [0.1, 0.15) is 11.5 Å². The van der Waals surface area contributed by atoms with E-state index in [1.165, 1.54) is 19.1 Å². The summed E-state index contributed by atoms with van der Waals surface area (Å²) in [5, 5.41) is 2.88. The van der Waals surface area contributed by atoms with Gasteiger partial charge in [0.2, 0.25) is 5.91 Å². The Morgan fingerprint density at radius 3 is 2.27 bits per heavy atom. The summed E-state index contributed by atoms with van der Waals surface area (Å²) in [6.07, 6.45) is 0. The van der Waals surface area contributed by atoms with Gasteiger partial charge in [0, 0.05) is 12.7 Å². The summed E-state index contributed by atoms with van der Waals surface area (Å²) >= 11 is 0. The maximum Gasteiger partial charge on any atom is 0.257 e. The third-order valence-corrected chi connectivity index (χ3v) is 4.11. The Bertz CT molecular complexity index is 797. The van der Waals surface area contributed by atoms with E-state index in [-0.39, 0.29) is 18.4 Å². The number of para-hydroxylation sites is 1. The van der Waals surface area contributed by atoms with Crippen molar-refractivity contribution in [3.8, 4) is 11.5 Å². The summed E-state index contributed by atoms with van der Waals surface area (Å²) in [6.45, 7) is 3.78. The van der Waals surface area contributed by atoms with Gasteiger partial charge >= 0.3 is 0 Å². The van der Waals surface area contributed by atoms with Gasteiger partial charge in [-0.15, -0.1) is 0 Å². The lowest BCUT2D eigenvalue weighted by atomic mass is 10.1. The molecule has 0 radical (unpaired) electrons. The third-order valence-electron chi connectivity index (χ3n) is 4.11. The minimum absolute atomic E-state index is 0.0764. The highest BCUT2D eigenvalue weighted by atomic mass is 16.5. The fourth-order valence-electron chi connectivity index (χ4n) is 2.66. The number of carbonyl (C=O) groups excluding carboxylic acids is 2. The summed E-state index contributed by atoms with van der Waals surface area (Å²) in [5.74, 6) is 0.387. The number of nitrogens with one attached hydrogen (secondary N) is 1. The van der Waals surface area contributed by atoms with E-state index in [0.717, 1.165) is 16.8 Å². The number of anilines is 1. The topological polar surface area (TPSA) is 67.9 Å². The van der Waals surface area contributed by atoms with E-state index in [4.69, 9.17) is 9.47 Å². The molecule has 0 saturated carbocycles. The highest BCUT2D eigenvalue weighted by Gasteiger charge is 2.20. The Hall–Kier alpha value is -3.02. The first-order valence-electron chi connectivity index (χ1n) is 8.21. The normalized spacial score (nSPS) is 10.2. The van der Waals surface area contributed by atoms with Crippen molar-refractivity contribution in [3.05, 3.63) is 53.1 Å². The minimum Gasteiger partial charge on any atom is -0.497 e. The van der Waals surface area contributed by atoms with Crippen LogP contribution in [0.25, 0.3) is 0 Å². The largest absolute Gasteiger partial charge is 0.497 e. The quantitative estimate of drug-likeness (QED) is 0.864. The van der Waals surface area contributed by atoms with Crippen LogP contribution in [0.4, 0.5) is 5.69 Å². The Balaban J connectivity index is 2.13. The average Bonchev–Trinajstić information content (AvgIpc) is 2.63. The van der Waals surface area contributed by atoms with Crippen LogP contribution in [0.1, 0.15) is 21.5 Å². The lowest BCUT2D eigenvalue weighted by Crippen LogP contribution is -2.35. The fourth-order valence-corrected chi connectivity index (χ4v) is 2.66. The van der Waals surface area contributed by atoms with Crippen molar-refractivity contribution in [2.45, 2.75) is 13.8 Å². The van der Waals surface area contributed by atoms with Gasteiger partial charge in [-0.05, 0) is 43.2 Å². The molecule has 0 aromatic heterocycles. The zero-order valence-electron chi connectivity index (χ0n) is 15.8. The highest BCUT2D eigenvalue weighted by Crippen LogP contribution is 2.25. The second-order valence-electron chi connectivity index (χ2n) is 6.04. The maximum atomic E-state index is 12.7.